The van der Waals surface area contributed by atoms with E-state index in [1.165, 1.54) is 0 Å². The summed E-state index contributed by atoms with van der Waals surface area (Å²) in [6.07, 6.45) is 1.73. The van der Waals surface area contributed by atoms with E-state index in [4.69, 9.17) is 26.5 Å². The normalized spacial score (nSPS) is 11.1. The number of aliphatic hydroxyl groups is 1. The molecule has 0 radical (unpaired) electrons. The Balaban J connectivity index is 1.76. The van der Waals surface area contributed by atoms with E-state index in [1.54, 1.807) is 46.6 Å². The van der Waals surface area contributed by atoms with Crippen molar-refractivity contribution in [2.75, 3.05) is 6.61 Å². The van der Waals surface area contributed by atoms with Crippen molar-refractivity contribution < 1.29 is 14.6 Å². The first-order valence-corrected chi connectivity index (χ1v) is 11.2. The van der Waals surface area contributed by atoms with Gasteiger partial charge in [0.1, 0.15) is 5.69 Å². The Bertz CT molecular complexity index is 1470. The number of ether oxygens (including phenoxy) is 1. The monoisotopic (exact) mass is 472 g/mol. The van der Waals surface area contributed by atoms with E-state index in [2.05, 4.69) is 0 Å². The minimum atomic E-state index is -0.406. The number of carbonyl (C=O) groups is 1. The summed E-state index contributed by atoms with van der Waals surface area (Å²) in [6.45, 7) is 1.87. The Hall–Kier alpha value is -3.94. The molecule has 3 aromatic heterocycles. The first-order chi connectivity index (χ1) is 16.6. The lowest BCUT2D eigenvalue weighted by Gasteiger charge is -2.05. The Morgan fingerprint density at radius 1 is 1.03 bits per heavy atom. The molecule has 0 saturated heterocycles. The van der Waals surface area contributed by atoms with Gasteiger partial charge in [0, 0.05) is 16.8 Å². The predicted octanol–water partition coefficient (Wildman–Crippen LogP) is 5.18. The Morgan fingerprint density at radius 3 is 2.50 bits per heavy atom. The summed E-state index contributed by atoms with van der Waals surface area (Å²) in [5.41, 5.74) is 5.45. The molecule has 0 aliphatic heterocycles. The first-order valence-electron chi connectivity index (χ1n) is 10.8. The van der Waals surface area contributed by atoms with Crippen LogP contribution in [0.3, 0.4) is 0 Å². The highest BCUT2D eigenvalue weighted by Gasteiger charge is 2.22. The number of pyridine rings is 1. The van der Waals surface area contributed by atoms with E-state index in [1.807, 2.05) is 48.5 Å². The van der Waals surface area contributed by atoms with E-state index in [9.17, 15) is 9.90 Å². The average Bonchev–Trinajstić information content (AvgIpc) is 3.46. The number of halogens is 1. The third-order valence-electron chi connectivity index (χ3n) is 5.47. The maximum Gasteiger partial charge on any atom is 0.338 e. The summed E-state index contributed by atoms with van der Waals surface area (Å²) in [5.74, 6) is -0.406. The van der Waals surface area contributed by atoms with Gasteiger partial charge >= 0.3 is 5.97 Å². The van der Waals surface area contributed by atoms with Crippen molar-refractivity contribution in [1.29, 1.82) is 0 Å². The van der Waals surface area contributed by atoms with Crippen LogP contribution in [0.4, 0.5) is 0 Å². The van der Waals surface area contributed by atoms with Crippen LogP contribution in [0.1, 0.15) is 23.0 Å². The van der Waals surface area contributed by atoms with Gasteiger partial charge in [0.2, 0.25) is 0 Å². The Labute approximate surface area is 200 Å². The fraction of sp³-hybridized carbons (Fsp3) is 0.115. The van der Waals surface area contributed by atoms with Crippen LogP contribution in [0.15, 0.2) is 79.0 Å². The zero-order chi connectivity index (χ0) is 23.7. The van der Waals surface area contributed by atoms with Crippen LogP contribution >= 0.6 is 11.6 Å². The molecule has 0 saturated carbocycles. The van der Waals surface area contributed by atoms with Crippen molar-refractivity contribution >= 4 is 23.1 Å². The van der Waals surface area contributed by atoms with Gasteiger partial charge in [-0.3, -0.25) is 0 Å². The molecule has 1 N–H and O–H groups in total. The largest absolute Gasteiger partial charge is 0.462 e. The molecule has 0 aliphatic rings. The molecule has 34 heavy (non-hydrogen) atoms. The summed E-state index contributed by atoms with van der Waals surface area (Å²) in [6, 6.07) is 22.2. The topological polar surface area (TPSA) is 81.6 Å². The fourth-order valence-electron chi connectivity index (χ4n) is 3.90. The second kappa shape index (κ2) is 9.13. The molecule has 8 heteroatoms. The quantitative estimate of drug-likeness (QED) is 0.344. The summed E-state index contributed by atoms with van der Waals surface area (Å²) < 4.78 is 8.61. The summed E-state index contributed by atoms with van der Waals surface area (Å²) >= 11 is 6.11. The van der Waals surface area contributed by atoms with E-state index < -0.39 is 5.97 Å². The van der Waals surface area contributed by atoms with Crippen molar-refractivity contribution in [3.63, 3.8) is 0 Å². The van der Waals surface area contributed by atoms with Gasteiger partial charge in [-0.1, -0.05) is 41.9 Å². The lowest BCUT2D eigenvalue weighted by atomic mass is 10.0. The number of nitrogens with zero attached hydrogens (tertiary/aromatic N) is 4. The molecule has 170 valence electrons. The highest BCUT2D eigenvalue weighted by atomic mass is 35.5. The molecule has 7 nitrogen and oxygen atoms in total. The number of carbonyl (C=O) groups excluding carboxylic acids is 1. The van der Waals surface area contributed by atoms with Gasteiger partial charge in [-0.25, -0.2) is 14.0 Å². The number of fused-ring (bicyclic) bond motifs is 1. The van der Waals surface area contributed by atoms with Crippen LogP contribution in [0, 0.1) is 0 Å². The Morgan fingerprint density at radius 2 is 1.79 bits per heavy atom. The predicted molar refractivity (Wildman–Crippen MR) is 130 cm³/mol. The van der Waals surface area contributed by atoms with Crippen LogP contribution in [0.5, 0.6) is 0 Å². The van der Waals surface area contributed by atoms with Gasteiger partial charge in [-0.15, -0.1) is 0 Å². The molecule has 0 amide bonds. The smallest absolute Gasteiger partial charge is 0.338 e. The van der Waals surface area contributed by atoms with Crippen LogP contribution in [0.2, 0.25) is 5.02 Å². The molecule has 0 bridgehead atoms. The van der Waals surface area contributed by atoms with Crippen molar-refractivity contribution in [3.8, 4) is 28.2 Å². The van der Waals surface area contributed by atoms with Gasteiger partial charge < -0.3 is 9.84 Å². The Kier molecular flexibility index (Phi) is 5.88. The second-order valence-electron chi connectivity index (χ2n) is 7.62. The molecular formula is C26H21ClN4O3. The van der Waals surface area contributed by atoms with Crippen molar-refractivity contribution in [2.24, 2.45) is 0 Å². The van der Waals surface area contributed by atoms with Crippen LogP contribution in [-0.4, -0.2) is 37.1 Å². The zero-order valence-corrected chi connectivity index (χ0v) is 19.1. The fourth-order valence-corrected chi connectivity index (χ4v) is 4.02. The zero-order valence-electron chi connectivity index (χ0n) is 18.4. The third-order valence-corrected chi connectivity index (χ3v) is 5.72. The summed E-state index contributed by atoms with van der Waals surface area (Å²) in [7, 11) is 0. The van der Waals surface area contributed by atoms with Gasteiger partial charge in [-0.2, -0.15) is 10.2 Å². The second-order valence-corrected chi connectivity index (χ2v) is 8.06. The minimum Gasteiger partial charge on any atom is -0.462 e. The van der Waals surface area contributed by atoms with E-state index in [-0.39, 0.29) is 13.2 Å². The maximum atomic E-state index is 12.4. The maximum absolute atomic E-state index is 12.4. The van der Waals surface area contributed by atoms with E-state index in [0.29, 0.717) is 33.2 Å². The minimum absolute atomic E-state index is 0.189. The molecular weight excluding hydrogens is 452 g/mol. The molecule has 0 fully saturated rings. The summed E-state index contributed by atoms with van der Waals surface area (Å²) in [4.78, 5) is 12.4. The number of esters is 1. The van der Waals surface area contributed by atoms with Crippen LogP contribution in [0.25, 0.3) is 33.7 Å². The van der Waals surface area contributed by atoms with E-state index >= 15 is 0 Å². The molecule has 5 aromatic rings. The number of hydrogen-bond acceptors (Lipinski definition) is 5. The number of aliphatic hydroxyl groups excluding tert-OH is 1. The van der Waals surface area contributed by atoms with Gasteiger partial charge in [0.15, 0.2) is 0 Å². The highest BCUT2D eigenvalue weighted by Crippen LogP contribution is 2.36. The number of rotatable bonds is 6. The third kappa shape index (κ3) is 3.96. The summed E-state index contributed by atoms with van der Waals surface area (Å²) in [5, 5.41) is 20.3. The molecule has 0 aliphatic carbocycles. The SMILES string of the molecule is CCOC(=O)c1ccn2nc(-c3ccc(Cl)cc3)c(-c3cc(CO)n(-c4ccccc4)n3)c2c1. The molecule has 2 aromatic carbocycles. The van der Waals surface area contributed by atoms with Crippen LogP contribution < -0.4 is 0 Å². The lowest BCUT2D eigenvalue weighted by Crippen LogP contribution is -2.05. The lowest BCUT2D eigenvalue weighted by molar-refractivity contribution is 0.0526. The highest BCUT2D eigenvalue weighted by molar-refractivity contribution is 6.30. The number of benzene rings is 2. The van der Waals surface area contributed by atoms with Crippen molar-refractivity contribution in [3.05, 3.63) is 95.3 Å². The van der Waals surface area contributed by atoms with Crippen LogP contribution in [-0.2, 0) is 11.3 Å². The number of hydrogen-bond donors (Lipinski definition) is 1. The van der Waals surface area contributed by atoms with E-state index in [0.717, 1.165) is 16.8 Å². The number of para-hydroxylation sites is 1. The molecule has 0 atom stereocenters. The van der Waals surface area contributed by atoms with Crippen molar-refractivity contribution in [2.45, 2.75) is 13.5 Å². The average molecular weight is 473 g/mol. The van der Waals surface area contributed by atoms with Gasteiger partial charge in [0.05, 0.1) is 46.9 Å². The van der Waals surface area contributed by atoms with Crippen molar-refractivity contribution in [1.82, 2.24) is 19.4 Å². The molecule has 0 spiro atoms. The van der Waals surface area contributed by atoms with Gasteiger partial charge in [0.25, 0.3) is 0 Å². The molecule has 3 heterocycles. The molecule has 0 unspecified atom stereocenters. The van der Waals surface area contributed by atoms with Gasteiger partial charge in [-0.05, 0) is 49.4 Å². The molecule has 5 rings (SSSR count). The first kappa shape index (κ1) is 21.9. The number of aromatic nitrogens is 4. The standard InChI is InChI=1S/C26H21ClN4O3/c1-2-34-26(33)18-12-13-30-23(14-18)24(25(29-30)17-8-10-19(27)11-9-17)22-15-21(16-32)31(28-22)20-6-4-3-5-7-20/h3-15,32H,2,16H2,1H3.